The number of carbonyl (C=O) groups excluding carboxylic acids is 2. The Kier molecular flexibility index (Phi) is 8.17. The Balaban J connectivity index is 1.40. The first-order valence-corrected chi connectivity index (χ1v) is 11.1. The first kappa shape index (κ1) is 22.9. The Morgan fingerprint density at radius 3 is 2.52 bits per heavy atom. The number of rotatable bonds is 9. The molecule has 8 heteroatoms. The molecule has 0 radical (unpaired) electrons. The average molecular weight is 429 g/mol. The van der Waals surface area contributed by atoms with Gasteiger partial charge in [-0.1, -0.05) is 24.2 Å². The van der Waals surface area contributed by atoms with Crippen molar-refractivity contribution >= 4 is 11.8 Å². The predicted octanol–water partition coefficient (Wildman–Crippen LogP) is 2.91. The summed E-state index contributed by atoms with van der Waals surface area (Å²) in [7, 11) is 0. The Morgan fingerprint density at radius 1 is 1.13 bits per heavy atom. The Labute approximate surface area is 183 Å². The second kappa shape index (κ2) is 11.0. The molecule has 0 saturated carbocycles. The zero-order valence-corrected chi connectivity index (χ0v) is 18.6. The van der Waals surface area contributed by atoms with Gasteiger partial charge in [-0.05, 0) is 44.4 Å². The monoisotopic (exact) mass is 428 g/mol. The summed E-state index contributed by atoms with van der Waals surface area (Å²) in [6.07, 6.45) is 3.51. The van der Waals surface area contributed by atoms with Crippen molar-refractivity contribution in [2.24, 2.45) is 0 Å². The molecule has 1 aliphatic rings. The molecule has 2 aromatic rings. The third kappa shape index (κ3) is 6.89. The van der Waals surface area contributed by atoms with Gasteiger partial charge in [-0.2, -0.15) is 4.98 Å². The highest BCUT2D eigenvalue weighted by molar-refractivity contribution is 5.94. The minimum Gasteiger partial charge on any atom is -0.372 e. The molecule has 3 rings (SSSR count). The van der Waals surface area contributed by atoms with Crippen LogP contribution < -0.4 is 5.32 Å². The lowest BCUT2D eigenvalue weighted by Crippen LogP contribution is -2.48. The van der Waals surface area contributed by atoms with Crippen molar-refractivity contribution < 1.29 is 18.8 Å². The summed E-state index contributed by atoms with van der Waals surface area (Å²) in [5.41, 5.74) is 1.60. The van der Waals surface area contributed by atoms with Gasteiger partial charge in [0.05, 0.1) is 12.2 Å². The van der Waals surface area contributed by atoms with E-state index >= 15 is 0 Å². The van der Waals surface area contributed by atoms with E-state index in [1.165, 1.54) is 0 Å². The molecular weight excluding hydrogens is 396 g/mol. The van der Waals surface area contributed by atoms with Gasteiger partial charge >= 0.3 is 0 Å². The second-order valence-corrected chi connectivity index (χ2v) is 8.15. The van der Waals surface area contributed by atoms with E-state index in [0.717, 1.165) is 24.2 Å². The fourth-order valence-corrected chi connectivity index (χ4v) is 3.70. The van der Waals surface area contributed by atoms with Gasteiger partial charge in [0, 0.05) is 44.5 Å². The minimum atomic E-state index is -0.0234. The van der Waals surface area contributed by atoms with E-state index in [-0.39, 0.29) is 24.0 Å². The van der Waals surface area contributed by atoms with Crippen LogP contribution in [0.3, 0.4) is 0 Å². The molecular formula is C23H32N4O4. The Bertz CT molecular complexity index is 855. The van der Waals surface area contributed by atoms with Crippen LogP contribution in [0.25, 0.3) is 0 Å². The molecule has 0 spiro atoms. The molecule has 1 saturated heterocycles. The van der Waals surface area contributed by atoms with Gasteiger partial charge in [0.15, 0.2) is 5.82 Å². The van der Waals surface area contributed by atoms with Crippen LogP contribution in [-0.2, 0) is 28.9 Å². The van der Waals surface area contributed by atoms with E-state index in [1.807, 2.05) is 43.0 Å². The van der Waals surface area contributed by atoms with Crippen LogP contribution in [0.2, 0.25) is 0 Å². The van der Waals surface area contributed by atoms with Crippen LogP contribution in [0.4, 0.5) is 0 Å². The number of aromatic nitrogens is 2. The normalized spacial score (nSPS) is 18.7. The van der Waals surface area contributed by atoms with Gasteiger partial charge in [-0.15, -0.1) is 0 Å². The first-order valence-electron chi connectivity index (χ1n) is 11.1. The lowest BCUT2D eigenvalue weighted by atomic mass is 10.1. The molecule has 168 valence electrons. The number of aryl methyl sites for hydroxylation is 2. The SMILES string of the molecule is CCCc1noc(CCCC(=O)NCc2ccc(C(=O)N3CC(C)OC(C)C3)cc2)n1. The standard InChI is InChI=1S/C23H32N4O4/c1-4-6-20-25-22(31-26-20)8-5-7-21(28)24-13-18-9-11-19(12-10-18)23(29)27-14-16(2)30-17(3)15-27/h9-12,16-17H,4-8,13-15H2,1-3H3,(H,24,28). The molecule has 8 nitrogen and oxygen atoms in total. The summed E-state index contributed by atoms with van der Waals surface area (Å²) >= 11 is 0. The van der Waals surface area contributed by atoms with E-state index in [2.05, 4.69) is 22.4 Å². The average Bonchev–Trinajstić information content (AvgIpc) is 3.19. The van der Waals surface area contributed by atoms with Crippen molar-refractivity contribution in [2.45, 2.75) is 71.6 Å². The highest BCUT2D eigenvalue weighted by Gasteiger charge is 2.26. The summed E-state index contributed by atoms with van der Waals surface area (Å²) in [4.78, 5) is 31.0. The summed E-state index contributed by atoms with van der Waals surface area (Å²) in [5.74, 6) is 1.30. The summed E-state index contributed by atoms with van der Waals surface area (Å²) in [6.45, 7) is 7.66. The number of nitrogens with one attached hydrogen (secondary N) is 1. The van der Waals surface area contributed by atoms with Crippen molar-refractivity contribution in [3.63, 3.8) is 0 Å². The molecule has 0 aliphatic carbocycles. The highest BCUT2D eigenvalue weighted by atomic mass is 16.5. The maximum absolute atomic E-state index is 12.7. The van der Waals surface area contributed by atoms with Crippen LogP contribution in [0.5, 0.6) is 0 Å². The van der Waals surface area contributed by atoms with Crippen LogP contribution in [0.15, 0.2) is 28.8 Å². The van der Waals surface area contributed by atoms with Crippen molar-refractivity contribution in [2.75, 3.05) is 13.1 Å². The summed E-state index contributed by atoms with van der Waals surface area (Å²) in [5, 5.41) is 6.83. The van der Waals surface area contributed by atoms with Gasteiger partial charge in [-0.25, -0.2) is 0 Å². The van der Waals surface area contributed by atoms with Crippen molar-refractivity contribution in [3.05, 3.63) is 47.1 Å². The predicted molar refractivity (Wildman–Crippen MR) is 115 cm³/mol. The third-order valence-corrected chi connectivity index (χ3v) is 5.18. The van der Waals surface area contributed by atoms with Crippen LogP contribution in [-0.4, -0.2) is 52.2 Å². The molecule has 1 aromatic heterocycles. The topological polar surface area (TPSA) is 97.6 Å². The Hall–Kier alpha value is -2.74. The summed E-state index contributed by atoms with van der Waals surface area (Å²) in [6, 6.07) is 7.40. The molecule has 1 fully saturated rings. The van der Waals surface area contributed by atoms with E-state index in [0.29, 0.717) is 50.4 Å². The van der Waals surface area contributed by atoms with E-state index < -0.39 is 0 Å². The number of carbonyl (C=O) groups is 2. The number of hydrogen-bond donors (Lipinski definition) is 1. The van der Waals surface area contributed by atoms with Crippen LogP contribution in [0, 0.1) is 0 Å². The Morgan fingerprint density at radius 2 is 1.84 bits per heavy atom. The molecule has 1 N–H and O–H groups in total. The van der Waals surface area contributed by atoms with Crippen LogP contribution in [0.1, 0.15) is 67.7 Å². The molecule has 1 aromatic carbocycles. The molecule has 1 aliphatic heterocycles. The van der Waals surface area contributed by atoms with Gasteiger partial charge in [-0.3, -0.25) is 9.59 Å². The number of nitrogens with zero attached hydrogens (tertiary/aromatic N) is 3. The van der Waals surface area contributed by atoms with Gasteiger partial charge in [0.2, 0.25) is 11.8 Å². The van der Waals surface area contributed by atoms with Crippen molar-refractivity contribution in [1.29, 1.82) is 0 Å². The smallest absolute Gasteiger partial charge is 0.254 e. The zero-order valence-electron chi connectivity index (χ0n) is 18.6. The molecule has 2 heterocycles. The second-order valence-electron chi connectivity index (χ2n) is 8.15. The molecule has 2 amide bonds. The van der Waals surface area contributed by atoms with Crippen LogP contribution >= 0.6 is 0 Å². The fraction of sp³-hybridized carbons (Fsp3) is 0.565. The van der Waals surface area contributed by atoms with E-state index in [4.69, 9.17) is 9.26 Å². The third-order valence-electron chi connectivity index (χ3n) is 5.18. The number of benzene rings is 1. The molecule has 2 atom stereocenters. The first-order chi connectivity index (χ1) is 14.9. The number of amides is 2. The lowest BCUT2D eigenvalue weighted by molar-refractivity contribution is -0.121. The number of ether oxygens (including phenoxy) is 1. The maximum atomic E-state index is 12.7. The number of hydrogen-bond acceptors (Lipinski definition) is 6. The maximum Gasteiger partial charge on any atom is 0.254 e. The van der Waals surface area contributed by atoms with Gasteiger partial charge in [0.25, 0.3) is 5.91 Å². The molecule has 0 bridgehead atoms. The van der Waals surface area contributed by atoms with Gasteiger partial charge < -0.3 is 19.5 Å². The minimum absolute atomic E-state index is 0.0145. The van der Waals surface area contributed by atoms with Crippen molar-refractivity contribution in [3.8, 4) is 0 Å². The fourth-order valence-electron chi connectivity index (χ4n) is 3.70. The van der Waals surface area contributed by atoms with Gasteiger partial charge in [0.1, 0.15) is 0 Å². The van der Waals surface area contributed by atoms with Crippen molar-refractivity contribution in [1.82, 2.24) is 20.4 Å². The van der Waals surface area contributed by atoms with E-state index in [1.54, 1.807) is 0 Å². The zero-order chi connectivity index (χ0) is 22.2. The largest absolute Gasteiger partial charge is 0.372 e. The molecule has 2 unspecified atom stereocenters. The lowest BCUT2D eigenvalue weighted by Gasteiger charge is -2.35. The summed E-state index contributed by atoms with van der Waals surface area (Å²) < 4.78 is 10.9. The van der Waals surface area contributed by atoms with E-state index in [9.17, 15) is 9.59 Å². The number of morpholine rings is 1. The highest BCUT2D eigenvalue weighted by Crippen LogP contribution is 2.15. The molecule has 31 heavy (non-hydrogen) atoms. The quantitative estimate of drug-likeness (QED) is 0.660.